The number of nitrogen functional groups attached to an aromatic ring is 2. The molecular weight excluding hydrogens is 731 g/mol. The lowest BCUT2D eigenvalue weighted by Crippen LogP contribution is -2.71. The van der Waals surface area contributed by atoms with Crippen molar-refractivity contribution in [3.8, 4) is 0 Å². The number of carbonyl (C=O) groups excluding carboxylic acids is 2. The number of nitrogens with zero attached hydrogens (tertiary/aromatic N) is 3. The number of benzene rings is 2. The van der Waals surface area contributed by atoms with Gasteiger partial charge in [-0.3, -0.25) is 19.9 Å². The molecule has 3 aromatic rings. The smallest absolute Gasteiger partial charge is 0.352 e. The molecule has 1 unspecified atom stereocenters. The summed E-state index contributed by atoms with van der Waals surface area (Å²) < 4.78 is 0. The summed E-state index contributed by atoms with van der Waals surface area (Å²) in [5.74, 6) is -3.14. The normalized spacial score (nSPS) is 19.7. The van der Waals surface area contributed by atoms with Crippen molar-refractivity contribution < 1.29 is 34.2 Å². The zero-order chi connectivity index (χ0) is 38.7. The van der Waals surface area contributed by atoms with Gasteiger partial charge in [-0.05, 0) is 86.1 Å². The Hall–Kier alpha value is -5.48. The van der Waals surface area contributed by atoms with Crippen LogP contribution in [0.2, 0.25) is 0 Å². The number of nitrogens with one attached hydrogen (secondary N) is 2. The highest BCUT2D eigenvalue weighted by Crippen LogP contribution is 2.41. The van der Waals surface area contributed by atoms with Crippen LogP contribution in [-0.4, -0.2) is 78.2 Å². The second-order valence-electron chi connectivity index (χ2n) is 13.9. The van der Waals surface area contributed by atoms with Gasteiger partial charge in [0.2, 0.25) is 5.60 Å². The van der Waals surface area contributed by atoms with Gasteiger partial charge in [0.05, 0.1) is 0 Å². The van der Waals surface area contributed by atoms with Crippen LogP contribution in [0.3, 0.4) is 0 Å². The van der Waals surface area contributed by atoms with Crippen LogP contribution < -0.4 is 16.8 Å². The Labute approximate surface area is 319 Å². The van der Waals surface area contributed by atoms with Crippen molar-refractivity contribution in [2.45, 2.75) is 69.4 Å². The molecule has 1 saturated heterocycles. The summed E-state index contributed by atoms with van der Waals surface area (Å²) >= 11 is 2.40. The molecule has 8 N–H and O–H groups in total. The quantitative estimate of drug-likeness (QED) is 0.0589. The number of anilines is 1. The maximum Gasteiger partial charge on any atom is 0.352 e. The van der Waals surface area contributed by atoms with Gasteiger partial charge in [0, 0.05) is 16.7 Å². The van der Waals surface area contributed by atoms with Crippen molar-refractivity contribution in [1.82, 2.24) is 15.2 Å². The first-order valence-corrected chi connectivity index (χ1v) is 19.3. The summed E-state index contributed by atoms with van der Waals surface area (Å²) in [7, 11) is 0. The molecule has 16 heteroatoms. The number of carbonyl (C=O) groups is 4. The molecule has 14 nitrogen and oxygen atoms in total. The molecule has 1 fully saturated rings. The van der Waals surface area contributed by atoms with Crippen LogP contribution in [0.4, 0.5) is 5.13 Å². The highest BCUT2D eigenvalue weighted by Gasteiger charge is 2.54. The van der Waals surface area contributed by atoms with E-state index in [9.17, 15) is 29.4 Å². The number of aryl methyl sites for hydroxylation is 2. The number of rotatable bonds is 14. The van der Waals surface area contributed by atoms with Crippen LogP contribution in [0.5, 0.6) is 0 Å². The number of hydrogen-bond acceptors (Lipinski definition) is 11. The van der Waals surface area contributed by atoms with Gasteiger partial charge in [0.1, 0.15) is 28.6 Å². The van der Waals surface area contributed by atoms with E-state index in [-0.39, 0.29) is 28.1 Å². The van der Waals surface area contributed by atoms with E-state index in [0.29, 0.717) is 30.1 Å². The fraction of sp³-hybridized carbons (Fsp3) is 0.342. The van der Waals surface area contributed by atoms with Crippen molar-refractivity contribution in [2.75, 3.05) is 11.5 Å². The first kappa shape index (κ1) is 38.3. The summed E-state index contributed by atoms with van der Waals surface area (Å²) in [6.07, 6.45) is 9.25. The lowest BCUT2D eigenvalue weighted by atomic mass is 9.93. The van der Waals surface area contributed by atoms with Crippen LogP contribution in [-0.2, 0) is 43.3 Å². The molecule has 2 aromatic carbocycles. The van der Waals surface area contributed by atoms with Crippen molar-refractivity contribution in [3.63, 3.8) is 0 Å². The Kier molecular flexibility index (Phi) is 11.2. The highest BCUT2D eigenvalue weighted by molar-refractivity contribution is 8.00. The molecule has 2 amide bonds. The molecule has 1 aliphatic carbocycles. The molecule has 0 radical (unpaired) electrons. The van der Waals surface area contributed by atoms with Crippen LogP contribution in [0.1, 0.15) is 66.6 Å². The van der Waals surface area contributed by atoms with Gasteiger partial charge in [0.25, 0.3) is 11.8 Å². The molecule has 282 valence electrons. The summed E-state index contributed by atoms with van der Waals surface area (Å²) in [6, 6.07) is 13.3. The van der Waals surface area contributed by atoms with E-state index in [2.05, 4.69) is 45.8 Å². The van der Waals surface area contributed by atoms with E-state index >= 15 is 0 Å². The van der Waals surface area contributed by atoms with E-state index < -0.39 is 40.8 Å². The van der Waals surface area contributed by atoms with Crippen LogP contribution >= 0.6 is 23.1 Å². The predicted molar refractivity (Wildman–Crippen MR) is 207 cm³/mol. The van der Waals surface area contributed by atoms with Crippen molar-refractivity contribution in [3.05, 3.63) is 98.7 Å². The third-order valence-electron chi connectivity index (χ3n) is 9.65. The number of allylic oxidation sites excluding steroid dienone is 1. The molecule has 0 saturated carbocycles. The molecule has 3 aliphatic rings. The van der Waals surface area contributed by atoms with E-state index in [0.717, 1.165) is 48.1 Å². The number of carboxylic acid groups (broad SMARTS) is 2. The molecule has 54 heavy (non-hydrogen) atoms. The Morgan fingerprint density at radius 1 is 1.13 bits per heavy atom. The first-order chi connectivity index (χ1) is 25.7. The van der Waals surface area contributed by atoms with E-state index in [1.807, 2.05) is 24.3 Å². The fourth-order valence-electron chi connectivity index (χ4n) is 6.54. The van der Waals surface area contributed by atoms with Gasteiger partial charge < -0.3 is 31.8 Å². The second kappa shape index (κ2) is 15.9. The maximum atomic E-state index is 13.4. The molecule has 3 heterocycles. The predicted octanol–water partition coefficient (Wildman–Crippen LogP) is 4.17. The largest absolute Gasteiger partial charge is 0.478 e. The maximum absolute atomic E-state index is 13.4. The second-order valence-corrected chi connectivity index (χ2v) is 15.9. The number of hydrogen-bond donors (Lipinski definition) is 6. The lowest BCUT2D eigenvalue weighted by Gasteiger charge is -2.49. The Bertz CT molecular complexity index is 2090. The minimum Gasteiger partial charge on any atom is -0.478 e. The standard InChI is InChI=1S/C38H41N7O7S2/c1-38(2,36(50)51)52-44-28(27-19-54-37(41)42-27)32(46)43-29-33(47)45-30(35(48)49)26(18-53-34(29)45)5-3-4-20-6-11-23-12-7-21(10-15-25(23)17-20)16-22-8-13-24(14-9-22)31(39)40/h6,8-11,13-15,17,19,21,29,34H,3-5,7,12,16,18H2,1-2H3,(H3,39,40)(H2,41,42)(H,43,46)(H,48,49)(H,50,51)/b44-28-/t21?,29-,34-/m1/s1. The van der Waals surface area contributed by atoms with Gasteiger partial charge in [-0.2, -0.15) is 0 Å². The summed E-state index contributed by atoms with van der Waals surface area (Å²) in [4.78, 5) is 61.2. The SMILES string of the molecule is CC(C)(O/N=C(\C(=O)N[C@@H]1C(=O)N2C(C(=O)O)=C(CCCc3ccc4c(c3)C=CC(Cc3ccc(C(=N)N)cc3)CC4)CS[C@H]12)c1csc(N)n1)C(=O)O. The number of thioether (sulfide) groups is 1. The Morgan fingerprint density at radius 3 is 2.54 bits per heavy atom. The Morgan fingerprint density at radius 2 is 1.87 bits per heavy atom. The van der Waals surface area contributed by atoms with Crippen molar-refractivity contribution >= 4 is 69.6 Å². The number of aliphatic carboxylic acids is 2. The summed E-state index contributed by atoms with van der Waals surface area (Å²) in [5.41, 5.74) is 15.4. The third-order valence-corrected chi connectivity index (χ3v) is 11.7. The minimum absolute atomic E-state index is 0.0353. The average Bonchev–Trinajstić information content (AvgIpc) is 3.46. The number of fused-ring (bicyclic) bond motifs is 2. The van der Waals surface area contributed by atoms with Crippen LogP contribution in [0.25, 0.3) is 6.08 Å². The number of thiazole rings is 1. The number of amides is 2. The van der Waals surface area contributed by atoms with Gasteiger partial charge in [-0.15, -0.1) is 23.1 Å². The van der Waals surface area contributed by atoms with Crippen LogP contribution in [0, 0.1) is 11.3 Å². The van der Waals surface area contributed by atoms with E-state index in [1.165, 1.54) is 52.6 Å². The topological polar surface area (TPSA) is 234 Å². The van der Waals surface area contributed by atoms with E-state index in [4.69, 9.17) is 21.7 Å². The van der Waals surface area contributed by atoms with E-state index in [1.54, 1.807) is 0 Å². The highest BCUT2D eigenvalue weighted by atomic mass is 32.2. The number of nitrogens with two attached hydrogens (primary N) is 2. The fourth-order valence-corrected chi connectivity index (χ4v) is 8.48. The zero-order valence-corrected chi connectivity index (χ0v) is 31.3. The minimum atomic E-state index is -1.76. The number of aromatic nitrogens is 1. The summed E-state index contributed by atoms with van der Waals surface area (Å²) in [6.45, 7) is 2.52. The van der Waals surface area contributed by atoms with Gasteiger partial charge in [-0.1, -0.05) is 59.8 Å². The molecule has 6 rings (SSSR count). The molecular formula is C38H41N7O7S2. The zero-order valence-electron chi connectivity index (χ0n) is 29.7. The monoisotopic (exact) mass is 771 g/mol. The van der Waals surface area contributed by atoms with Gasteiger partial charge >= 0.3 is 11.9 Å². The lowest BCUT2D eigenvalue weighted by molar-refractivity contribution is -0.161. The number of oxime groups is 1. The van der Waals surface area contributed by atoms with Crippen molar-refractivity contribution in [1.29, 1.82) is 5.41 Å². The molecule has 0 spiro atoms. The Balaban J connectivity index is 1.08. The number of amidine groups is 1. The number of β-lactam (4-membered cyclic amide) rings is 1. The van der Waals surface area contributed by atoms with Crippen LogP contribution in [0.15, 0.2) is 70.3 Å². The molecule has 3 atom stereocenters. The van der Waals surface area contributed by atoms with Gasteiger partial charge in [0.15, 0.2) is 10.8 Å². The average molecular weight is 772 g/mol. The van der Waals surface area contributed by atoms with Crippen molar-refractivity contribution in [2.24, 2.45) is 16.8 Å². The van der Waals surface area contributed by atoms with Gasteiger partial charge in [-0.25, -0.2) is 14.6 Å². The summed E-state index contributed by atoms with van der Waals surface area (Å²) in [5, 5.41) is 34.5. The third kappa shape index (κ3) is 8.34. The molecule has 2 aliphatic heterocycles. The molecule has 0 bridgehead atoms. The number of carboxylic acids is 2. The first-order valence-electron chi connectivity index (χ1n) is 17.4. The molecule has 1 aromatic heterocycles.